The van der Waals surface area contributed by atoms with E-state index < -0.39 is 23.8 Å². The van der Waals surface area contributed by atoms with Crippen molar-refractivity contribution in [2.45, 2.75) is 32.5 Å². The summed E-state index contributed by atoms with van der Waals surface area (Å²) in [6.45, 7) is 3.76. The van der Waals surface area contributed by atoms with Crippen molar-refractivity contribution >= 4 is 17.2 Å². The SMILES string of the molecule is CCN=C1C(=NN)Cc2cc(C(F)(F)F)nn2-c2ccc(F)cc2[C@@H](C)Oc2cc1cnc2N. The van der Waals surface area contributed by atoms with Crippen LogP contribution in [0, 0.1) is 5.82 Å². The molecule has 0 saturated heterocycles. The molecule has 0 aliphatic carbocycles. The number of hydrogen-bond acceptors (Lipinski definition) is 7. The molecule has 4 N–H and O–H groups in total. The standard InChI is InChI=1S/C22H21F4N7O/c1-3-29-20-12-6-18(21(27)30-10-12)34-11(2)15-7-13(23)4-5-17(15)33-14(8-16(20)31-28)9-19(32-33)22(24,25)26/h4-7,9-11H,3,8,28H2,1-2H3,(H2,27,30)/t11-/m1/s1. The number of ether oxygens (including phenoxy) is 1. The number of aliphatic imine (C=N–C) groups is 1. The predicted molar refractivity (Wildman–Crippen MR) is 119 cm³/mol. The van der Waals surface area contributed by atoms with Crippen molar-refractivity contribution in [3.05, 3.63) is 64.9 Å². The zero-order valence-corrected chi connectivity index (χ0v) is 18.3. The van der Waals surface area contributed by atoms with Crippen molar-refractivity contribution in [2.24, 2.45) is 15.9 Å². The summed E-state index contributed by atoms with van der Waals surface area (Å²) in [5.41, 5.74) is 6.47. The van der Waals surface area contributed by atoms with Gasteiger partial charge >= 0.3 is 6.18 Å². The van der Waals surface area contributed by atoms with Crippen molar-refractivity contribution in [1.29, 1.82) is 0 Å². The van der Waals surface area contributed by atoms with E-state index in [1.165, 1.54) is 18.3 Å². The third kappa shape index (κ3) is 4.30. The van der Waals surface area contributed by atoms with Gasteiger partial charge in [-0.05, 0) is 44.2 Å². The number of alkyl halides is 3. The van der Waals surface area contributed by atoms with E-state index in [9.17, 15) is 17.6 Å². The number of nitrogens with two attached hydrogens (primary N) is 2. The van der Waals surface area contributed by atoms with Crippen LogP contribution in [0.25, 0.3) is 5.69 Å². The Kier molecular flexibility index (Phi) is 5.98. The summed E-state index contributed by atoms with van der Waals surface area (Å²) in [7, 11) is 0. The average molecular weight is 475 g/mol. The first-order chi connectivity index (χ1) is 16.1. The Morgan fingerprint density at radius 1 is 1.24 bits per heavy atom. The average Bonchev–Trinajstić information content (AvgIpc) is 3.21. The molecular formula is C22H21F4N7O. The molecule has 1 aliphatic heterocycles. The van der Waals surface area contributed by atoms with Crippen LogP contribution in [0.5, 0.6) is 5.75 Å². The first kappa shape index (κ1) is 23.2. The number of halogens is 4. The second-order valence-electron chi connectivity index (χ2n) is 7.58. The minimum Gasteiger partial charge on any atom is -0.482 e. The van der Waals surface area contributed by atoms with E-state index in [0.717, 1.165) is 16.8 Å². The number of fused-ring (bicyclic) bond motifs is 5. The van der Waals surface area contributed by atoms with Crippen LogP contribution in [-0.2, 0) is 12.6 Å². The summed E-state index contributed by atoms with van der Waals surface area (Å²) in [4.78, 5) is 8.59. The minimum absolute atomic E-state index is 0.0758. The van der Waals surface area contributed by atoms with Gasteiger partial charge in [-0.25, -0.2) is 14.1 Å². The molecule has 34 heavy (non-hydrogen) atoms. The van der Waals surface area contributed by atoms with Gasteiger partial charge in [0.1, 0.15) is 11.9 Å². The number of rotatable bonds is 1. The maximum absolute atomic E-state index is 14.2. The topological polar surface area (TPSA) is 117 Å². The van der Waals surface area contributed by atoms with Crippen molar-refractivity contribution in [2.75, 3.05) is 12.3 Å². The molecule has 2 aromatic heterocycles. The Morgan fingerprint density at radius 2 is 2.00 bits per heavy atom. The molecule has 1 aliphatic rings. The van der Waals surface area contributed by atoms with Crippen molar-refractivity contribution in [3.63, 3.8) is 0 Å². The molecule has 8 nitrogen and oxygen atoms in total. The fraction of sp³-hybridized carbons (Fsp3) is 0.273. The quantitative estimate of drug-likeness (QED) is 0.315. The van der Waals surface area contributed by atoms with Gasteiger partial charge in [0, 0.05) is 30.3 Å². The molecular weight excluding hydrogens is 454 g/mol. The minimum atomic E-state index is -4.71. The Labute approximate surface area is 192 Å². The fourth-order valence-corrected chi connectivity index (χ4v) is 3.74. The zero-order chi connectivity index (χ0) is 24.6. The number of benzene rings is 1. The van der Waals surface area contributed by atoms with Crippen LogP contribution in [0.1, 0.15) is 42.5 Å². The highest BCUT2D eigenvalue weighted by atomic mass is 19.4. The van der Waals surface area contributed by atoms with Gasteiger partial charge in [0.15, 0.2) is 17.3 Å². The molecule has 178 valence electrons. The monoisotopic (exact) mass is 475 g/mol. The van der Waals surface area contributed by atoms with E-state index in [0.29, 0.717) is 17.8 Å². The third-order valence-corrected chi connectivity index (χ3v) is 5.28. The Hall–Kier alpha value is -3.96. The summed E-state index contributed by atoms with van der Waals surface area (Å²) < 4.78 is 62.1. The van der Waals surface area contributed by atoms with Crippen LogP contribution >= 0.6 is 0 Å². The van der Waals surface area contributed by atoms with Gasteiger partial charge < -0.3 is 16.3 Å². The van der Waals surface area contributed by atoms with Crippen molar-refractivity contribution in [3.8, 4) is 11.4 Å². The van der Waals surface area contributed by atoms with Crippen LogP contribution in [0.2, 0.25) is 0 Å². The lowest BCUT2D eigenvalue weighted by Crippen LogP contribution is -2.24. The number of hydrazone groups is 1. The third-order valence-electron chi connectivity index (χ3n) is 5.28. The summed E-state index contributed by atoms with van der Waals surface area (Å²) >= 11 is 0. The normalized spacial score (nSPS) is 18.6. The Bertz CT molecular complexity index is 1300. The molecule has 1 aromatic carbocycles. The summed E-state index contributed by atoms with van der Waals surface area (Å²) in [6.07, 6.45) is -4.21. The number of nitrogens with zero attached hydrogens (tertiary/aromatic N) is 5. The van der Waals surface area contributed by atoms with E-state index in [2.05, 4.69) is 20.2 Å². The second-order valence-corrected chi connectivity index (χ2v) is 7.58. The smallest absolute Gasteiger partial charge is 0.435 e. The van der Waals surface area contributed by atoms with E-state index in [1.807, 2.05) is 0 Å². The van der Waals surface area contributed by atoms with Gasteiger partial charge in [-0.1, -0.05) is 0 Å². The summed E-state index contributed by atoms with van der Waals surface area (Å²) in [5.74, 6) is 5.33. The molecule has 0 amide bonds. The van der Waals surface area contributed by atoms with Crippen molar-refractivity contribution < 1.29 is 22.3 Å². The first-order valence-corrected chi connectivity index (χ1v) is 10.3. The summed E-state index contributed by atoms with van der Waals surface area (Å²) in [5, 5.41) is 7.59. The molecule has 0 fully saturated rings. The van der Waals surface area contributed by atoms with Crippen LogP contribution in [0.15, 0.2) is 46.6 Å². The lowest BCUT2D eigenvalue weighted by atomic mass is 10.0. The van der Waals surface area contributed by atoms with E-state index in [4.69, 9.17) is 16.3 Å². The molecule has 0 saturated carbocycles. The lowest BCUT2D eigenvalue weighted by molar-refractivity contribution is -0.141. The van der Waals surface area contributed by atoms with E-state index >= 15 is 0 Å². The maximum Gasteiger partial charge on any atom is 0.435 e. The van der Waals surface area contributed by atoms with Gasteiger partial charge in [0.05, 0.1) is 22.8 Å². The highest BCUT2D eigenvalue weighted by molar-refractivity contribution is 6.48. The molecule has 0 radical (unpaired) electrons. The molecule has 0 unspecified atom stereocenters. The Morgan fingerprint density at radius 3 is 2.68 bits per heavy atom. The molecule has 3 aromatic rings. The van der Waals surface area contributed by atoms with Gasteiger partial charge in [0.2, 0.25) is 0 Å². The zero-order valence-electron chi connectivity index (χ0n) is 18.3. The first-order valence-electron chi connectivity index (χ1n) is 10.3. The second kappa shape index (κ2) is 8.76. The molecule has 0 spiro atoms. The molecule has 1 atom stereocenters. The van der Waals surface area contributed by atoms with Crippen LogP contribution in [-0.4, -0.2) is 32.7 Å². The summed E-state index contributed by atoms with van der Waals surface area (Å²) in [6, 6.07) is 6.16. The van der Waals surface area contributed by atoms with Crippen LogP contribution in [0.4, 0.5) is 23.4 Å². The molecule has 4 rings (SSSR count). The number of hydrogen-bond donors (Lipinski definition) is 2. The van der Waals surface area contributed by atoms with E-state index in [1.54, 1.807) is 19.9 Å². The van der Waals surface area contributed by atoms with Gasteiger partial charge in [-0.2, -0.15) is 23.4 Å². The van der Waals surface area contributed by atoms with Gasteiger partial charge in [-0.15, -0.1) is 0 Å². The highest BCUT2D eigenvalue weighted by Gasteiger charge is 2.36. The number of anilines is 1. The molecule has 3 heterocycles. The largest absolute Gasteiger partial charge is 0.482 e. The lowest BCUT2D eigenvalue weighted by Gasteiger charge is -2.22. The maximum atomic E-state index is 14.2. The molecule has 2 bridgehead atoms. The van der Waals surface area contributed by atoms with Crippen LogP contribution in [0.3, 0.4) is 0 Å². The Balaban J connectivity index is 2.03. The molecule has 12 heteroatoms. The number of aromatic nitrogens is 3. The number of pyridine rings is 1. The predicted octanol–water partition coefficient (Wildman–Crippen LogP) is 3.83. The van der Waals surface area contributed by atoms with Gasteiger partial charge in [0.25, 0.3) is 0 Å². The fourth-order valence-electron chi connectivity index (χ4n) is 3.74. The van der Waals surface area contributed by atoms with E-state index in [-0.39, 0.29) is 40.6 Å². The number of nitrogen functional groups attached to an aromatic ring is 1. The van der Waals surface area contributed by atoms with Gasteiger partial charge in [-0.3, -0.25) is 4.99 Å². The highest BCUT2D eigenvalue weighted by Crippen LogP contribution is 2.34. The van der Waals surface area contributed by atoms with Crippen molar-refractivity contribution in [1.82, 2.24) is 14.8 Å². The van der Waals surface area contributed by atoms with Crippen LogP contribution < -0.4 is 16.3 Å².